The second-order valence-corrected chi connectivity index (χ2v) is 6.12. The third-order valence-corrected chi connectivity index (χ3v) is 4.77. The maximum atomic E-state index is 12.9. The maximum Gasteiger partial charge on any atom is 0.259 e. The third kappa shape index (κ3) is 2.31. The summed E-state index contributed by atoms with van der Waals surface area (Å²) >= 11 is 3.37. The number of aliphatic hydroxyl groups is 1. The van der Waals surface area contributed by atoms with Crippen LogP contribution < -0.4 is 4.90 Å². The quantitative estimate of drug-likeness (QED) is 0.798. The van der Waals surface area contributed by atoms with Gasteiger partial charge in [-0.1, -0.05) is 52.3 Å². The van der Waals surface area contributed by atoms with E-state index in [4.69, 9.17) is 0 Å². The SMILES string of the molecule is N#C[C@@H]1[C@@H](Br)[C@H](O)c2ccccc2N1C(=O)c1ccccc1. The van der Waals surface area contributed by atoms with Gasteiger partial charge < -0.3 is 5.11 Å². The number of hydrogen-bond acceptors (Lipinski definition) is 3. The summed E-state index contributed by atoms with van der Waals surface area (Å²) in [4.78, 5) is 13.8. The molecule has 1 amide bonds. The zero-order valence-corrected chi connectivity index (χ0v) is 13.1. The molecule has 0 saturated heterocycles. The summed E-state index contributed by atoms with van der Waals surface area (Å²) in [6, 6.07) is 17.3. The molecule has 2 aromatic rings. The average Bonchev–Trinajstić information content (AvgIpc) is 2.58. The van der Waals surface area contributed by atoms with Gasteiger partial charge in [-0.15, -0.1) is 0 Å². The summed E-state index contributed by atoms with van der Waals surface area (Å²) in [5.41, 5.74) is 1.72. The van der Waals surface area contributed by atoms with E-state index in [2.05, 4.69) is 22.0 Å². The van der Waals surface area contributed by atoms with Crippen molar-refractivity contribution in [3.8, 4) is 6.07 Å². The lowest BCUT2D eigenvalue weighted by molar-refractivity contribution is 0.0962. The molecule has 0 bridgehead atoms. The van der Waals surface area contributed by atoms with Gasteiger partial charge in [-0.25, -0.2) is 0 Å². The van der Waals surface area contributed by atoms with Crippen LogP contribution in [0.3, 0.4) is 0 Å². The Labute approximate surface area is 136 Å². The lowest BCUT2D eigenvalue weighted by Crippen LogP contribution is -2.50. The number of para-hydroxylation sites is 1. The van der Waals surface area contributed by atoms with Crippen LogP contribution in [0.4, 0.5) is 5.69 Å². The highest BCUT2D eigenvalue weighted by Gasteiger charge is 2.42. The highest BCUT2D eigenvalue weighted by molar-refractivity contribution is 9.09. The van der Waals surface area contributed by atoms with Crippen LogP contribution in [-0.4, -0.2) is 21.9 Å². The molecule has 0 unspecified atom stereocenters. The van der Waals surface area contributed by atoms with Crippen LogP contribution in [0, 0.1) is 11.3 Å². The largest absolute Gasteiger partial charge is 0.387 e. The molecule has 1 aliphatic rings. The molecular weight excluding hydrogens is 344 g/mol. The van der Waals surface area contributed by atoms with Gasteiger partial charge in [0.2, 0.25) is 0 Å². The summed E-state index contributed by atoms with van der Waals surface area (Å²) < 4.78 is 0. The van der Waals surface area contributed by atoms with Gasteiger partial charge in [0, 0.05) is 11.1 Å². The first kappa shape index (κ1) is 14.8. The predicted molar refractivity (Wildman–Crippen MR) is 86.8 cm³/mol. The second-order valence-electron chi connectivity index (χ2n) is 5.06. The molecule has 1 aliphatic heterocycles. The summed E-state index contributed by atoms with van der Waals surface area (Å²) in [5.74, 6) is -0.254. The Morgan fingerprint density at radius 1 is 1.14 bits per heavy atom. The third-order valence-electron chi connectivity index (χ3n) is 3.77. The van der Waals surface area contributed by atoms with Crippen LogP contribution in [0.1, 0.15) is 22.0 Å². The van der Waals surface area contributed by atoms with E-state index in [0.717, 1.165) is 0 Å². The normalized spacial score (nSPS) is 23.5. The van der Waals surface area contributed by atoms with Crippen molar-refractivity contribution in [3.05, 3.63) is 65.7 Å². The van der Waals surface area contributed by atoms with Gasteiger partial charge in [-0.05, 0) is 18.2 Å². The van der Waals surface area contributed by atoms with Crippen molar-refractivity contribution in [2.24, 2.45) is 0 Å². The first-order chi connectivity index (χ1) is 10.6. The molecule has 0 spiro atoms. The van der Waals surface area contributed by atoms with Crippen LogP contribution in [0.15, 0.2) is 54.6 Å². The lowest BCUT2D eigenvalue weighted by atomic mass is 9.93. The Morgan fingerprint density at radius 3 is 2.45 bits per heavy atom. The fourth-order valence-corrected chi connectivity index (χ4v) is 3.32. The minimum Gasteiger partial charge on any atom is -0.387 e. The van der Waals surface area contributed by atoms with Gasteiger partial charge in [0.1, 0.15) is 6.04 Å². The average molecular weight is 357 g/mol. The van der Waals surface area contributed by atoms with Gasteiger partial charge in [-0.3, -0.25) is 9.69 Å². The van der Waals surface area contributed by atoms with Crippen LogP contribution in [0.5, 0.6) is 0 Å². The molecule has 3 rings (SSSR count). The topological polar surface area (TPSA) is 64.3 Å². The van der Waals surface area contributed by atoms with Crippen LogP contribution in [-0.2, 0) is 0 Å². The molecule has 0 aromatic heterocycles. The summed E-state index contributed by atoms with van der Waals surface area (Å²) in [6.45, 7) is 0. The van der Waals surface area contributed by atoms with Crippen LogP contribution >= 0.6 is 15.9 Å². The maximum absolute atomic E-state index is 12.9. The van der Waals surface area contributed by atoms with Crippen LogP contribution in [0.25, 0.3) is 0 Å². The number of nitrogens with zero attached hydrogens (tertiary/aromatic N) is 2. The Bertz CT molecular complexity index is 742. The lowest BCUT2D eigenvalue weighted by Gasteiger charge is -2.39. The number of anilines is 1. The van der Waals surface area contributed by atoms with E-state index in [1.54, 1.807) is 48.5 Å². The summed E-state index contributed by atoms with van der Waals surface area (Å²) in [7, 11) is 0. The van der Waals surface area contributed by atoms with Crippen molar-refractivity contribution in [1.82, 2.24) is 0 Å². The molecule has 0 aliphatic carbocycles. The van der Waals surface area contributed by atoms with Gasteiger partial charge in [0.05, 0.1) is 22.7 Å². The van der Waals surface area contributed by atoms with E-state index < -0.39 is 17.0 Å². The van der Waals surface area contributed by atoms with E-state index >= 15 is 0 Å². The monoisotopic (exact) mass is 356 g/mol. The van der Waals surface area contributed by atoms with Crippen molar-refractivity contribution >= 4 is 27.5 Å². The molecule has 3 atom stereocenters. The molecule has 4 nitrogen and oxygen atoms in total. The predicted octanol–water partition coefficient (Wildman–Crippen LogP) is 3.04. The van der Waals surface area contributed by atoms with Crippen molar-refractivity contribution < 1.29 is 9.90 Å². The summed E-state index contributed by atoms with van der Waals surface area (Å²) in [5, 5.41) is 19.9. The number of rotatable bonds is 1. The van der Waals surface area contributed by atoms with E-state index in [0.29, 0.717) is 16.8 Å². The molecule has 5 heteroatoms. The number of alkyl halides is 1. The van der Waals surface area contributed by atoms with E-state index in [9.17, 15) is 15.2 Å². The Morgan fingerprint density at radius 2 is 1.77 bits per heavy atom. The highest BCUT2D eigenvalue weighted by Crippen LogP contribution is 2.40. The summed E-state index contributed by atoms with van der Waals surface area (Å²) in [6.07, 6.45) is -0.833. The molecule has 22 heavy (non-hydrogen) atoms. The van der Waals surface area contributed by atoms with Gasteiger partial charge >= 0.3 is 0 Å². The number of carbonyl (C=O) groups excluding carboxylic acids is 1. The molecule has 110 valence electrons. The Balaban J connectivity index is 2.14. The fourth-order valence-electron chi connectivity index (χ4n) is 2.68. The van der Waals surface area contributed by atoms with Crippen molar-refractivity contribution in [2.45, 2.75) is 17.0 Å². The second kappa shape index (κ2) is 5.91. The molecule has 2 aromatic carbocycles. The number of halogens is 1. The number of aliphatic hydroxyl groups excluding tert-OH is 1. The molecule has 1 N–H and O–H groups in total. The van der Waals surface area contributed by atoms with Crippen molar-refractivity contribution in [3.63, 3.8) is 0 Å². The highest BCUT2D eigenvalue weighted by atomic mass is 79.9. The van der Waals surface area contributed by atoms with Crippen molar-refractivity contribution in [1.29, 1.82) is 5.26 Å². The van der Waals surface area contributed by atoms with Gasteiger partial charge in [-0.2, -0.15) is 5.26 Å². The standard InChI is InChI=1S/C17H13BrN2O2/c18-15-14(10-19)20(17(22)11-6-2-1-3-7-11)13-9-5-4-8-12(13)16(15)21/h1-9,14-16,21H/t14-,15-,16-/m1/s1. The first-order valence-corrected chi connectivity index (χ1v) is 7.76. The smallest absolute Gasteiger partial charge is 0.259 e. The fraction of sp³-hybridized carbons (Fsp3) is 0.176. The van der Waals surface area contributed by atoms with E-state index in [1.165, 1.54) is 4.90 Å². The van der Waals surface area contributed by atoms with Crippen LogP contribution in [0.2, 0.25) is 0 Å². The van der Waals surface area contributed by atoms with Gasteiger partial charge in [0.25, 0.3) is 5.91 Å². The number of fused-ring (bicyclic) bond motifs is 1. The zero-order chi connectivity index (χ0) is 15.7. The van der Waals surface area contributed by atoms with E-state index in [1.807, 2.05) is 6.07 Å². The van der Waals surface area contributed by atoms with E-state index in [-0.39, 0.29) is 5.91 Å². The number of carbonyl (C=O) groups is 1. The number of hydrogen-bond donors (Lipinski definition) is 1. The number of amides is 1. The first-order valence-electron chi connectivity index (χ1n) is 6.84. The molecule has 0 saturated carbocycles. The van der Waals surface area contributed by atoms with Crippen molar-refractivity contribution in [2.75, 3.05) is 4.90 Å². The Kier molecular flexibility index (Phi) is 3.97. The zero-order valence-electron chi connectivity index (χ0n) is 11.6. The van der Waals surface area contributed by atoms with Gasteiger partial charge in [0.15, 0.2) is 0 Å². The minimum absolute atomic E-state index is 0.254. The molecular formula is C17H13BrN2O2. The number of nitriles is 1. The molecule has 1 heterocycles. The number of benzene rings is 2. The molecule has 0 radical (unpaired) electrons. The Hall–Kier alpha value is -2.16. The molecule has 0 fully saturated rings. The minimum atomic E-state index is -0.833.